The first-order valence-corrected chi connectivity index (χ1v) is 7.29. The summed E-state index contributed by atoms with van der Waals surface area (Å²) in [5.41, 5.74) is 6.04. The normalized spacial score (nSPS) is 23.1. The molecule has 0 bridgehead atoms. The Labute approximate surface area is 115 Å². The Morgan fingerprint density at radius 3 is 2.63 bits per heavy atom. The van der Waals surface area contributed by atoms with Gasteiger partial charge < -0.3 is 16.0 Å². The van der Waals surface area contributed by atoms with Crippen LogP contribution >= 0.6 is 0 Å². The van der Waals surface area contributed by atoms with Crippen molar-refractivity contribution < 1.29 is 4.79 Å². The Balaban J connectivity index is 1.72. The fourth-order valence-electron chi connectivity index (χ4n) is 2.59. The molecule has 6 heteroatoms. The molecule has 2 aliphatic heterocycles. The molecular formula is C13H25N5O. The molecule has 0 radical (unpaired) electrons. The molecule has 3 N–H and O–H groups in total. The standard InChI is InChI=1S/C13H25N5O/c14-13(18-7-3-1-2-4-8-18)16-6-10-17-9-5-15-12(19)11-17/h1-11H2,(H2,14,16)(H,15,19). The average Bonchev–Trinajstić information content (AvgIpc) is 2.67. The van der Waals surface area contributed by atoms with Crippen molar-refractivity contribution in [3.63, 3.8) is 0 Å². The minimum Gasteiger partial charge on any atom is -0.370 e. The van der Waals surface area contributed by atoms with E-state index in [2.05, 4.69) is 20.1 Å². The maximum Gasteiger partial charge on any atom is 0.234 e. The van der Waals surface area contributed by atoms with E-state index in [4.69, 9.17) is 5.73 Å². The molecule has 2 aliphatic rings. The number of hydrogen-bond acceptors (Lipinski definition) is 3. The average molecular weight is 267 g/mol. The van der Waals surface area contributed by atoms with Gasteiger partial charge in [-0.3, -0.25) is 14.7 Å². The van der Waals surface area contributed by atoms with Gasteiger partial charge >= 0.3 is 0 Å². The molecule has 0 aromatic rings. The van der Waals surface area contributed by atoms with Crippen LogP contribution in [0.4, 0.5) is 0 Å². The highest BCUT2D eigenvalue weighted by atomic mass is 16.2. The van der Waals surface area contributed by atoms with Crippen molar-refractivity contribution in [1.29, 1.82) is 0 Å². The van der Waals surface area contributed by atoms with Crippen LogP contribution in [0.2, 0.25) is 0 Å². The number of guanidine groups is 1. The van der Waals surface area contributed by atoms with Gasteiger partial charge in [-0.2, -0.15) is 0 Å². The molecule has 0 aromatic carbocycles. The number of nitrogens with one attached hydrogen (secondary N) is 1. The van der Waals surface area contributed by atoms with Crippen LogP contribution < -0.4 is 11.1 Å². The van der Waals surface area contributed by atoms with Crippen molar-refractivity contribution in [2.24, 2.45) is 10.7 Å². The molecule has 2 fully saturated rings. The van der Waals surface area contributed by atoms with E-state index >= 15 is 0 Å². The zero-order valence-electron chi connectivity index (χ0n) is 11.6. The lowest BCUT2D eigenvalue weighted by atomic mass is 10.2. The number of rotatable bonds is 3. The fourth-order valence-corrected chi connectivity index (χ4v) is 2.59. The Hall–Kier alpha value is -1.30. The van der Waals surface area contributed by atoms with Crippen LogP contribution in [0.15, 0.2) is 4.99 Å². The first kappa shape index (κ1) is 14.1. The van der Waals surface area contributed by atoms with Crippen molar-refractivity contribution in [3.05, 3.63) is 0 Å². The van der Waals surface area contributed by atoms with Gasteiger partial charge in [0.2, 0.25) is 5.91 Å². The van der Waals surface area contributed by atoms with Gasteiger partial charge in [0.15, 0.2) is 5.96 Å². The predicted molar refractivity (Wildman–Crippen MR) is 76.0 cm³/mol. The highest BCUT2D eigenvalue weighted by Crippen LogP contribution is 2.09. The van der Waals surface area contributed by atoms with Gasteiger partial charge in [-0.05, 0) is 12.8 Å². The highest BCUT2D eigenvalue weighted by molar-refractivity contribution is 5.79. The van der Waals surface area contributed by atoms with Crippen LogP contribution in [-0.2, 0) is 4.79 Å². The number of likely N-dealkylation sites (tertiary alicyclic amines) is 1. The first-order chi connectivity index (χ1) is 9.25. The fraction of sp³-hybridized carbons (Fsp3) is 0.846. The summed E-state index contributed by atoms with van der Waals surface area (Å²) in [6.45, 7) is 5.68. The minimum absolute atomic E-state index is 0.107. The van der Waals surface area contributed by atoms with Crippen LogP contribution in [0, 0.1) is 0 Å². The van der Waals surface area contributed by atoms with Gasteiger partial charge in [0.25, 0.3) is 0 Å². The third-order valence-electron chi connectivity index (χ3n) is 3.74. The quantitative estimate of drug-likeness (QED) is 0.539. The number of piperazine rings is 1. The summed E-state index contributed by atoms with van der Waals surface area (Å²) < 4.78 is 0. The Morgan fingerprint density at radius 2 is 1.95 bits per heavy atom. The van der Waals surface area contributed by atoms with E-state index in [1.165, 1.54) is 25.7 Å². The van der Waals surface area contributed by atoms with Gasteiger partial charge in [0.05, 0.1) is 13.1 Å². The van der Waals surface area contributed by atoms with Crippen LogP contribution in [-0.4, -0.2) is 67.5 Å². The van der Waals surface area contributed by atoms with E-state index in [1.807, 2.05) is 0 Å². The van der Waals surface area contributed by atoms with E-state index < -0.39 is 0 Å². The topological polar surface area (TPSA) is 74.0 Å². The van der Waals surface area contributed by atoms with E-state index in [9.17, 15) is 4.79 Å². The Bertz CT molecular complexity index is 323. The third-order valence-corrected chi connectivity index (χ3v) is 3.74. The van der Waals surface area contributed by atoms with Gasteiger partial charge in [-0.1, -0.05) is 12.8 Å². The van der Waals surface area contributed by atoms with E-state index in [0.717, 1.165) is 32.7 Å². The summed E-state index contributed by atoms with van der Waals surface area (Å²) in [7, 11) is 0. The van der Waals surface area contributed by atoms with E-state index in [0.29, 0.717) is 19.0 Å². The van der Waals surface area contributed by atoms with Gasteiger partial charge in [-0.25, -0.2) is 0 Å². The molecule has 0 unspecified atom stereocenters. The number of aliphatic imine (C=N–C) groups is 1. The molecular weight excluding hydrogens is 242 g/mol. The third kappa shape index (κ3) is 4.70. The van der Waals surface area contributed by atoms with Crippen molar-refractivity contribution in [1.82, 2.24) is 15.1 Å². The molecule has 0 saturated carbocycles. The van der Waals surface area contributed by atoms with Crippen LogP contribution in [0.3, 0.4) is 0 Å². The maximum atomic E-state index is 11.2. The maximum absolute atomic E-state index is 11.2. The van der Waals surface area contributed by atoms with E-state index in [-0.39, 0.29) is 5.91 Å². The number of nitrogens with zero attached hydrogens (tertiary/aromatic N) is 3. The molecule has 6 nitrogen and oxygen atoms in total. The number of amides is 1. The second kappa shape index (κ2) is 7.33. The van der Waals surface area contributed by atoms with E-state index in [1.54, 1.807) is 0 Å². The number of carbonyl (C=O) groups is 1. The van der Waals surface area contributed by atoms with Crippen LogP contribution in [0.5, 0.6) is 0 Å². The molecule has 108 valence electrons. The smallest absolute Gasteiger partial charge is 0.234 e. The van der Waals surface area contributed by atoms with Gasteiger partial charge in [-0.15, -0.1) is 0 Å². The molecule has 2 saturated heterocycles. The lowest BCUT2D eigenvalue weighted by molar-refractivity contribution is -0.124. The molecule has 0 atom stereocenters. The van der Waals surface area contributed by atoms with Gasteiger partial charge in [0.1, 0.15) is 0 Å². The minimum atomic E-state index is 0.107. The molecule has 0 aliphatic carbocycles. The largest absolute Gasteiger partial charge is 0.370 e. The monoisotopic (exact) mass is 267 g/mol. The summed E-state index contributed by atoms with van der Waals surface area (Å²) in [6, 6.07) is 0. The molecule has 0 spiro atoms. The van der Waals surface area contributed by atoms with Crippen molar-refractivity contribution in [2.45, 2.75) is 25.7 Å². The van der Waals surface area contributed by atoms with Crippen molar-refractivity contribution in [2.75, 3.05) is 45.8 Å². The second-order valence-corrected chi connectivity index (χ2v) is 5.27. The summed E-state index contributed by atoms with van der Waals surface area (Å²) in [5, 5.41) is 2.82. The lowest BCUT2D eigenvalue weighted by Gasteiger charge is -2.26. The molecule has 2 heterocycles. The lowest BCUT2D eigenvalue weighted by Crippen LogP contribution is -2.48. The zero-order chi connectivity index (χ0) is 13.5. The Morgan fingerprint density at radius 1 is 1.21 bits per heavy atom. The first-order valence-electron chi connectivity index (χ1n) is 7.29. The van der Waals surface area contributed by atoms with Crippen molar-refractivity contribution >= 4 is 11.9 Å². The Kier molecular flexibility index (Phi) is 5.44. The number of carbonyl (C=O) groups excluding carboxylic acids is 1. The molecule has 0 aromatic heterocycles. The number of hydrogen-bond donors (Lipinski definition) is 2. The SMILES string of the molecule is NC(=NCCN1CCNC(=O)C1)N1CCCCCC1. The summed E-state index contributed by atoms with van der Waals surface area (Å²) >= 11 is 0. The highest BCUT2D eigenvalue weighted by Gasteiger charge is 2.15. The summed E-state index contributed by atoms with van der Waals surface area (Å²) in [5.74, 6) is 0.777. The number of nitrogens with two attached hydrogens (primary N) is 1. The predicted octanol–water partition coefficient (Wildman–Crippen LogP) is -0.391. The van der Waals surface area contributed by atoms with Crippen molar-refractivity contribution in [3.8, 4) is 0 Å². The molecule has 19 heavy (non-hydrogen) atoms. The second-order valence-electron chi connectivity index (χ2n) is 5.27. The molecule has 2 rings (SSSR count). The van der Waals surface area contributed by atoms with Crippen LogP contribution in [0.25, 0.3) is 0 Å². The summed E-state index contributed by atoms with van der Waals surface area (Å²) in [6.07, 6.45) is 5.02. The summed E-state index contributed by atoms with van der Waals surface area (Å²) in [4.78, 5) is 20.0. The van der Waals surface area contributed by atoms with Gasteiger partial charge in [0, 0.05) is 32.7 Å². The molecule has 1 amide bonds. The zero-order valence-corrected chi connectivity index (χ0v) is 11.6. The van der Waals surface area contributed by atoms with Crippen LogP contribution in [0.1, 0.15) is 25.7 Å².